The van der Waals surface area contributed by atoms with Crippen LogP contribution in [0.25, 0.3) is 0 Å². The molecule has 2 unspecified atom stereocenters. The normalized spacial score (nSPS) is 33.5. The molecule has 1 heterocycles. The Balaban J connectivity index is 1.82. The van der Waals surface area contributed by atoms with Crippen LogP contribution in [0.3, 0.4) is 0 Å². The molecule has 0 aromatic heterocycles. The summed E-state index contributed by atoms with van der Waals surface area (Å²) in [6.45, 7) is 5.59. The molecular formula is C14H28N2O. The highest BCUT2D eigenvalue weighted by Gasteiger charge is 2.30. The molecule has 0 radical (unpaired) electrons. The molecule has 2 fully saturated rings. The first-order chi connectivity index (χ1) is 8.31. The van der Waals surface area contributed by atoms with Crippen LogP contribution in [0.1, 0.15) is 51.9 Å². The molecule has 0 aromatic carbocycles. The van der Waals surface area contributed by atoms with Gasteiger partial charge in [-0.1, -0.05) is 26.2 Å². The van der Waals surface area contributed by atoms with E-state index >= 15 is 0 Å². The number of likely N-dealkylation sites (tertiary alicyclic amines) is 1. The van der Waals surface area contributed by atoms with Crippen molar-refractivity contribution in [3.63, 3.8) is 0 Å². The van der Waals surface area contributed by atoms with E-state index in [0.29, 0.717) is 12.1 Å². The Labute approximate surface area is 106 Å². The van der Waals surface area contributed by atoms with Crippen molar-refractivity contribution in [2.45, 2.75) is 70.1 Å². The number of nitrogens with zero attached hydrogens (tertiary/aromatic N) is 1. The second kappa shape index (κ2) is 6.72. The van der Waals surface area contributed by atoms with Crippen molar-refractivity contribution in [1.29, 1.82) is 0 Å². The third kappa shape index (κ3) is 3.67. The fourth-order valence-corrected chi connectivity index (χ4v) is 3.42. The van der Waals surface area contributed by atoms with Crippen LogP contribution in [0.4, 0.5) is 0 Å². The van der Waals surface area contributed by atoms with Gasteiger partial charge in [-0.3, -0.25) is 4.90 Å². The van der Waals surface area contributed by atoms with Crippen LogP contribution in [0, 0.1) is 0 Å². The number of piperidine rings is 1. The number of hydrogen-bond acceptors (Lipinski definition) is 3. The van der Waals surface area contributed by atoms with Crippen molar-refractivity contribution >= 4 is 0 Å². The van der Waals surface area contributed by atoms with E-state index in [1.54, 1.807) is 0 Å². The lowest BCUT2D eigenvalue weighted by Gasteiger charge is -2.39. The first kappa shape index (κ1) is 13.3. The van der Waals surface area contributed by atoms with Crippen LogP contribution in [0.5, 0.6) is 0 Å². The highest BCUT2D eigenvalue weighted by Crippen LogP contribution is 2.25. The summed E-state index contributed by atoms with van der Waals surface area (Å²) in [5, 5.41) is 13.8. The lowest BCUT2D eigenvalue weighted by Crippen LogP contribution is -2.50. The molecule has 0 aromatic rings. The van der Waals surface area contributed by atoms with Gasteiger partial charge in [0.15, 0.2) is 0 Å². The molecule has 0 bridgehead atoms. The summed E-state index contributed by atoms with van der Waals surface area (Å²) in [6, 6.07) is 1.15. The molecule has 0 amide bonds. The van der Waals surface area contributed by atoms with Gasteiger partial charge in [0.25, 0.3) is 0 Å². The molecule has 17 heavy (non-hydrogen) atoms. The zero-order valence-electron chi connectivity index (χ0n) is 11.2. The predicted octanol–water partition coefficient (Wildman–Crippen LogP) is 1.75. The largest absolute Gasteiger partial charge is 0.391 e. The summed E-state index contributed by atoms with van der Waals surface area (Å²) in [4.78, 5) is 2.55. The first-order valence-electron chi connectivity index (χ1n) is 7.46. The quantitative estimate of drug-likeness (QED) is 0.738. The van der Waals surface area contributed by atoms with Gasteiger partial charge in [0, 0.05) is 25.2 Å². The van der Waals surface area contributed by atoms with Crippen LogP contribution in [0.2, 0.25) is 0 Å². The maximum absolute atomic E-state index is 10.2. The number of rotatable bonds is 3. The van der Waals surface area contributed by atoms with E-state index in [-0.39, 0.29) is 6.10 Å². The topological polar surface area (TPSA) is 35.5 Å². The van der Waals surface area contributed by atoms with Gasteiger partial charge >= 0.3 is 0 Å². The minimum absolute atomic E-state index is 0.0758. The third-order valence-corrected chi connectivity index (χ3v) is 4.44. The minimum atomic E-state index is -0.0758. The lowest BCUT2D eigenvalue weighted by atomic mass is 9.98. The first-order valence-corrected chi connectivity index (χ1v) is 7.46. The van der Waals surface area contributed by atoms with E-state index in [1.807, 2.05) is 0 Å². The van der Waals surface area contributed by atoms with E-state index in [0.717, 1.165) is 13.0 Å². The molecule has 1 aliphatic carbocycles. The molecule has 1 aliphatic heterocycles. The fourth-order valence-electron chi connectivity index (χ4n) is 3.42. The molecular weight excluding hydrogens is 212 g/mol. The van der Waals surface area contributed by atoms with Crippen molar-refractivity contribution in [1.82, 2.24) is 10.2 Å². The Morgan fingerprint density at radius 2 is 1.76 bits per heavy atom. The van der Waals surface area contributed by atoms with Crippen LogP contribution >= 0.6 is 0 Å². The molecule has 1 saturated heterocycles. The third-order valence-electron chi connectivity index (χ3n) is 4.44. The number of nitrogens with one attached hydrogen (secondary N) is 1. The Morgan fingerprint density at radius 3 is 2.47 bits per heavy atom. The van der Waals surface area contributed by atoms with Gasteiger partial charge in [-0.15, -0.1) is 0 Å². The predicted molar refractivity (Wildman–Crippen MR) is 71.2 cm³/mol. The summed E-state index contributed by atoms with van der Waals surface area (Å²) in [5.41, 5.74) is 0. The summed E-state index contributed by atoms with van der Waals surface area (Å²) in [7, 11) is 0. The highest BCUT2D eigenvalue weighted by molar-refractivity contribution is 4.86. The summed E-state index contributed by atoms with van der Waals surface area (Å²) >= 11 is 0. The van der Waals surface area contributed by atoms with Gasteiger partial charge in [0.2, 0.25) is 0 Å². The molecule has 100 valence electrons. The van der Waals surface area contributed by atoms with E-state index in [1.165, 1.54) is 51.6 Å². The fraction of sp³-hybridized carbons (Fsp3) is 1.00. The van der Waals surface area contributed by atoms with Crippen molar-refractivity contribution in [3.05, 3.63) is 0 Å². The van der Waals surface area contributed by atoms with Crippen LogP contribution in [0.15, 0.2) is 0 Å². The average molecular weight is 240 g/mol. The maximum Gasteiger partial charge on any atom is 0.0695 e. The summed E-state index contributed by atoms with van der Waals surface area (Å²) in [6.07, 6.45) is 8.45. The van der Waals surface area contributed by atoms with Crippen LogP contribution in [-0.2, 0) is 0 Å². The zero-order chi connectivity index (χ0) is 12.1. The van der Waals surface area contributed by atoms with E-state index < -0.39 is 0 Å². The number of aliphatic hydroxyl groups excluding tert-OH is 1. The van der Waals surface area contributed by atoms with Crippen molar-refractivity contribution < 1.29 is 5.11 Å². The van der Waals surface area contributed by atoms with Gasteiger partial charge < -0.3 is 10.4 Å². The maximum atomic E-state index is 10.2. The van der Waals surface area contributed by atoms with Gasteiger partial charge in [-0.2, -0.15) is 0 Å². The number of hydrogen-bond donors (Lipinski definition) is 2. The van der Waals surface area contributed by atoms with Crippen molar-refractivity contribution in [3.8, 4) is 0 Å². The van der Waals surface area contributed by atoms with E-state index in [4.69, 9.17) is 0 Å². The monoisotopic (exact) mass is 240 g/mol. The van der Waals surface area contributed by atoms with Crippen molar-refractivity contribution in [2.24, 2.45) is 0 Å². The van der Waals surface area contributed by atoms with Crippen LogP contribution in [-0.4, -0.2) is 47.8 Å². The van der Waals surface area contributed by atoms with Gasteiger partial charge in [-0.25, -0.2) is 0 Å². The average Bonchev–Trinajstić information content (AvgIpc) is 2.56. The molecule has 0 spiro atoms. The second-order valence-corrected chi connectivity index (χ2v) is 5.64. The molecule has 1 saturated carbocycles. The highest BCUT2D eigenvalue weighted by atomic mass is 16.3. The van der Waals surface area contributed by atoms with Gasteiger partial charge in [0.1, 0.15) is 0 Å². The van der Waals surface area contributed by atoms with Gasteiger partial charge in [0.05, 0.1) is 6.10 Å². The zero-order valence-corrected chi connectivity index (χ0v) is 11.2. The molecule has 3 nitrogen and oxygen atoms in total. The molecule has 2 N–H and O–H groups in total. The molecule has 3 heteroatoms. The van der Waals surface area contributed by atoms with Crippen LogP contribution < -0.4 is 5.32 Å². The van der Waals surface area contributed by atoms with E-state index in [2.05, 4.69) is 17.1 Å². The Hall–Kier alpha value is -0.120. The second-order valence-electron chi connectivity index (χ2n) is 5.64. The molecule has 2 rings (SSSR count). The Morgan fingerprint density at radius 1 is 1.06 bits per heavy atom. The molecule has 2 aliphatic rings. The summed E-state index contributed by atoms with van der Waals surface area (Å²) < 4.78 is 0. The standard InChI is InChI=1S/C14H28N2O/c1-2-15-12-8-10-16(11-9-12)13-6-4-3-5-7-14(13)17/h12-15,17H,2-11H2,1H3. The number of aliphatic hydroxyl groups is 1. The lowest BCUT2D eigenvalue weighted by molar-refractivity contribution is 0.0291. The van der Waals surface area contributed by atoms with Crippen molar-refractivity contribution in [2.75, 3.05) is 19.6 Å². The molecule has 2 atom stereocenters. The Kier molecular flexibility index (Phi) is 5.26. The smallest absolute Gasteiger partial charge is 0.0695 e. The minimum Gasteiger partial charge on any atom is -0.391 e. The Bertz CT molecular complexity index is 214. The SMILES string of the molecule is CCNC1CCN(C2CCCCCC2O)CC1. The summed E-state index contributed by atoms with van der Waals surface area (Å²) in [5.74, 6) is 0. The van der Waals surface area contributed by atoms with Gasteiger partial charge in [-0.05, 0) is 32.2 Å². The van der Waals surface area contributed by atoms with E-state index in [9.17, 15) is 5.11 Å².